The normalized spacial score (nSPS) is 20.6. The topological polar surface area (TPSA) is 51.6 Å². The van der Waals surface area contributed by atoms with Crippen molar-refractivity contribution in [2.24, 2.45) is 0 Å². The van der Waals surface area contributed by atoms with Crippen LogP contribution < -0.4 is 5.46 Å². The Morgan fingerprint density at radius 2 is 1.75 bits per heavy atom. The zero-order valence-corrected chi connectivity index (χ0v) is 12.0. The van der Waals surface area contributed by atoms with E-state index in [1.807, 2.05) is 27.7 Å². The molecule has 110 valence electrons. The highest BCUT2D eigenvalue weighted by molar-refractivity contribution is 6.63. The largest absolute Gasteiger partial charge is 0.507 e. The number of aromatic nitrogens is 1. The molecule has 0 bridgehead atoms. The number of nitrogens with zero attached hydrogens (tertiary/aromatic N) is 1. The Morgan fingerprint density at radius 1 is 1.20 bits per heavy atom. The van der Waals surface area contributed by atoms with Gasteiger partial charge in [-0.2, -0.15) is 0 Å². The van der Waals surface area contributed by atoms with E-state index in [0.717, 1.165) is 0 Å². The highest BCUT2D eigenvalue weighted by Crippen LogP contribution is 2.37. The fourth-order valence-electron chi connectivity index (χ4n) is 2.06. The van der Waals surface area contributed by atoms with Crippen molar-refractivity contribution >= 4 is 12.6 Å². The van der Waals surface area contributed by atoms with Gasteiger partial charge in [-0.05, 0) is 33.3 Å². The summed E-state index contributed by atoms with van der Waals surface area (Å²) in [5.74, 6) is -0.193. The monoisotopic (exact) mass is 285 g/mol. The molecule has 0 unspecified atom stereocenters. The number of hydrogen-bond acceptors (Lipinski definition) is 4. The SMILES string of the molecule is CC1(C)OB(c2c(O)cncc2CC(F)F)OC1(C)C. The molecule has 0 spiro atoms. The summed E-state index contributed by atoms with van der Waals surface area (Å²) in [6.45, 7) is 7.44. The average Bonchev–Trinajstić information content (AvgIpc) is 2.46. The number of alkyl halides is 2. The Morgan fingerprint density at radius 3 is 2.25 bits per heavy atom. The maximum atomic E-state index is 12.6. The first kappa shape index (κ1) is 15.2. The van der Waals surface area contributed by atoms with E-state index < -0.39 is 31.2 Å². The van der Waals surface area contributed by atoms with Gasteiger partial charge in [0.15, 0.2) is 0 Å². The molecule has 4 nitrogen and oxygen atoms in total. The van der Waals surface area contributed by atoms with E-state index in [1.165, 1.54) is 12.4 Å². The predicted molar refractivity (Wildman–Crippen MR) is 71.3 cm³/mol. The molecule has 2 heterocycles. The van der Waals surface area contributed by atoms with Crippen molar-refractivity contribution in [1.29, 1.82) is 0 Å². The van der Waals surface area contributed by atoms with Gasteiger partial charge in [-0.1, -0.05) is 0 Å². The molecule has 7 heteroatoms. The number of halogens is 2. The van der Waals surface area contributed by atoms with E-state index >= 15 is 0 Å². The van der Waals surface area contributed by atoms with Gasteiger partial charge in [0.1, 0.15) is 5.75 Å². The van der Waals surface area contributed by atoms with E-state index in [0.29, 0.717) is 0 Å². The van der Waals surface area contributed by atoms with Gasteiger partial charge < -0.3 is 14.4 Å². The predicted octanol–water partition coefficient (Wildman–Crippen LogP) is 1.89. The van der Waals surface area contributed by atoms with Crippen molar-refractivity contribution in [1.82, 2.24) is 4.98 Å². The lowest BCUT2D eigenvalue weighted by molar-refractivity contribution is 0.00578. The number of aromatic hydroxyl groups is 1. The minimum absolute atomic E-state index is 0.193. The van der Waals surface area contributed by atoms with Gasteiger partial charge >= 0.3 is 7.12 Å². The highest BCUT2D eigenvalue weighted by Gasteiger charge is 2.53. The molecule has 1 saturated heterocycles. The van der Waals surface area contributed by atoms with Gasteiger partial charge in [0.25, 0.3) is 0 Å². The molecule has 0 aliphatic carbocycles. The molecular weight excluding hydrogens is 267 g/mol. The van der Waals surface area contributed by atoms with E-state index in [4.69, 9.17) is 9.31 Å². The smallest absolute Gasteiger partial charge is 0.499 e. The average molecular weight is 285 g/mol. The second-order valence-corrected chi connectivity index (χ2v) is 5.91. The standard InChI is InChI=1S/C13H18BF2NO3/c1-12(2)13(3,4)20-14(19-12)11-8(5-10(15)16)6-17-7-9(11)18/h6-7,10,18H,5H2,1-4H3. The quantitative estimate of drug-likeness (QED) is 0.862. The fourth-order valence-corrected chi connectivity index (χ4v) is 2.06. The summed E-state index contributed by atoms with van der Waals surface area (Å²) in [6.07, 6.45) is -0.512. The van der Waals surface area contributed by atoms with Crippen LogP contribution in [0.1, 0.15) is 33.3 Å². The van der Waals surface area contributed by atoms with Gasteiger partial charge in [-0.15, -0.1) is 0 Å². The summed E-state index contributed by atoms with van der Waals surface area (Å²) >= 11 is 0. The second kappa shape index (κ2) is 4.97. The summed E-state index contributed by atoms with van der Waals surface area (Å²) in [5.41, 5.74) is -0.734. The molecule has 1 aliphatic heterocycles. The summed E-state index contributed by atoms with van der Waals surface area (Å²) in [6, 6.07) is 0. The van der Waals surface area contributed by atoms with Crippen molar-refractivity contribution in [2.75, 3.05) is 0 Å². The lowest BCUT2D eigenvalue weighted by atomic mass is 9.75. The molecule has 20 heavy (non-hydrogen) atoms. The Balaban J connectivity index is 2.39. The van der Waals surface area contributed by atoms with Crippen LogP contribution in [0.2, 0.25) is 0 Å². The van der Waals surface area contributed by atoms with E-state index in [2.05, 4.69) is 4.98 Å². The Kier molecular flexibility index (Phi) is 3.77. The molecule has 0 atom stereocenters. The van der Waals surface area contributed by atoms with Gasteiger partial charge in [0, 0.05) is 18.1 Å². The first-order valence-corrected chi connectivity index (χ1v) is 6.43. The van der Waals surface area contributed by atoms with Crippen LogP contribution in [0.15, 0.2) is 12.4 Å². The van der Waals surface area contributed by atoms with E-state index in [1.54, 1.807) is 0 Å². The van der Waals surface area contributed by atoms with Crippen LogP contribution >= 0.6 is 0 Å². The summed E-state index contributed by atoms with van der Waals surface area (Å²) < 4.78 is 36.9. The van der Waals surface area contributed by atoms with Crippen molar-refractivity contribution in [3.8, 4) is 5.75 Å². The Labute approximate surface area is 117 Å². The van der Waals surface area contributed by atoms with Gasteiger partial charge in [-0.3, -0.25) is 4.98 Å². The molecule has 2 rings (SSSR count). The third-order valence-electron chi connectivity index (χ3n) is 3.91. The molecule has 1 aliphatic rings. The number of hydrogen-bond donors (Lipinski definition) is 1. The molecule has 1 fully saturated rings. The first-order valence-electron chi connectivity index (χ1n) is 6.43. The van der Waals surface area contributed by atoms with Crippen molar-refractivity contribution in [2.45, 2.75) is 51.7 Å². The Hall–Kier alpha value is -1.21. The zero-order valence-electron chi connectivity index (χ0n) is 12.0. The molecule has 0 saturated carbocycles. The minimum Gasteiger partial charge on any atom is -0.507 e. The molecule has 1 aromatic heterocycles. The van der Waals surface area contributed by atoms with Gasteiger partial charge in [0.05, 0.1) is 17.4 Å². The summed E-state index contributed by atoms with van der Waals surface area (Å²) in [5, 5.41) is 9.94. The third kappa shape index (κ3) is 2.65. The van der Waals surface area contributed by atoms with Crippen LogP contribution in [0.25, 0.3) is 0 Å². The summed E-state index contributed by atoms with van der Waals surface area (Å²) in [4.78, 5) is 3.75. The van der Waals surface area contributed by atoms with Crippen LogP contribution in [-0.4, -0.2) is 34.8 Å². The molecule has 0 amide bonds. The van der Waals surface area contributed by atoms with Crippen LogP contribution in [0, 0.1) is 0 Å². The van der Waals surface area contributed by atoms with Crippen molar-refractivity contribution in [3.63, 3.8) is 0 Å². The minimum atomic E-state index is -2.53. The second-order valence-electron chi connectivity index (χ2n) is 5.91. The lowest BCUT2D eigenvalue weighted by Crippen LogP contribution is -2.41. The number of pyridine rings is 1. The molecule has 1 N–H and O–H groups in total. The third-order valence-corrected chi connectivity index (χ3v) is 3.91. The van der Waals surface area contributed by atoms with E-state index in [-0.39, 0.29) is 16.8 Å². The molecule has 0 aromatic carbocycles. The maximum Gasteiger partial charge on any atom is 0.499 e. The van der Waals surface area contributed by atoms with Crippen LogP contribution in [0.3, 0.4) is 0 Å². The van der Waals surface area contributed by atoms with Gasteiger partial charge in [0.2, 0.25) is 6.43 Å². The van der Waals surface area contributed by atoms with E-state index in [9.17, 15) is 13.9 Å². The van der Waals surface area contributed by atoms with Crippen molar-refractivity contribution < 1.29 is 23.2 Å². The maximum absolute atomic E-state index is 12.6. The molecule has 0 radical (unpaired) electrons. The fraction of sp³-hybridized carbons (Fsp3) is 0.615. The van der Waals surface area contributed by atoms with Crippen LogP contribution in [0.5, 0.6) is 5.75 Å². The molecular formula is C13H18BF2NO3. The lowest BCUT2D eigenvalue weighted by Gasteiger charge is -2.32. The van der Waals surface area contributed by atoms with Crippen LogP contribution in [-0.2, 0) is 15.7 Å². The molecule has 1 aromatic rings. The number of rotatable bonds is 3. The summed E-state index contributed by atoms with van der Waals surface area (Å²) in [7, 11) is -0.878. The Bertz CT molecular complexity index is 492. The highest BCUT2D eigenvalue weighted by atomic mass is 19.3. The first-order chi connectivity index (χ1) is 9.14. The van der Waals surface area contributed by atoms with Gasteiger partial charge in [-0.25, -0.2) is 8.78 Å². The van der Waals surface area contributed by atoms with Crippen LogP contribution in [0.4, 0.5) is 8.78 Å². The van der Waals surface area contributed by atoms with Crippen molar-refractivity contribution in [3.05, 3.63) is 18.0 Å². The zero-order chi connectivity index (χ0) is 15.1.